The molecule has 9 heteroatoms. The summed E-state index contributed by atoms with van der Waals surface area (Å²) in [5.74, 6) is 0.0953. The van der Waals surface area contributed by atoms with Gasteiger partial charge in [-0.3, -0.25) is 9.59 Å². The molecule has 3 rings (SSSR count). The molecule has 0 saturated heterocycles. The number of methoxy groups -OCH3 is 1. The van der Waals surface area contributed by atoms with E-state index in [1.165, 1.54) is 17.3 Å². The maximum atomic E-state index is 12.5. The van der Waals surface area contributed by atoms with Gasteiger partial charge in [-0.1, -0.05) is 0 Å². The first-order valence-corrected chi connectivity index (χ1v) is 9.17. The highest BCUT2D eigenvalue weighted by Gasteiger charge is 2.16. The molecule has 0 spiro atoms. The summed E-state index contributed by atoms with van der Waals surface area (Å²) in [4.78, 5) is 28.6. The molecule has 1 unspecified atom stereocenters. The third kappa shape index (κ3) is 4.55. The average molecular weight is 444 g/mol. The van der Waals surface area contributed by atoms with E-state index < -0.39 is 6.04 Å². The summed E-state index contributed by atoms with van der Waals surface area (Å²) in [5, 5.41) is 9.58. The number of carbonyl (C=O) groups is 2. The molecule has 144 valence electrons. The molecule has 0 fully saturated rings. The van der Waals surface area contributed by atoms with Gasteiger partial charge in [0.1, 0.15) is 24.4 Å². The van der Waals surface area contributed by atoms with E-state index in [-0.39, 0.29) is 11.8 Å². The summed E-state index contributed by atoms with van der Waals surface area (Å²) in [7, 11) is 1.54. The van der Waals surface area contributed by atoms with Crippen LogP contribution in [0.25, 0.3) is 0 Å². The van der Waals surface area contributed by atoms with E-state index in [9.17, 15) is 9.59 Å². The van der Waals surface area contributed by atoms with Gasteiger partial charge in [0.2, 0.25) is 5.91 Å². The molecule has 0 bridgehead atoms. The molecule has 1 heterocycles. The molecule has 0 radical (unpaired) electrons. The number of nitrogens with zero attached hydrogens (tertiary/aromatic N) is 3. The topological polar surface area (TPSA) is 98.1 Å². The lowest BCUT2D eigenvalue weighted by molar-refractivity contribution is -0.119. The van der Waals surface area contributed by atoms with Gasteiger partial charge in [-0.2, -0.15) is 5.10 Å². The number of hydrogen-bond donors (Lipinski definition) is 2. The van der Waals surface area contributed by atoms with E-state index >= 15 is 0 Å². The first-order chi connectivity index (χ1) is 13.5. The third-order valence-corrected chi connectivity index (χ3v) is 4.73. The molecule has 2 N–H and O–H groups in total. The normalized spacial score (nSPS) is 11.5. The van der Waals surface area contributed by atoms with Crippen molar-refractivity contribution in [3.63, 3.8) is 0 Å². The molecule has 0 aliphatic rings. The fourth-order valence-corrected chi connectivity index (χ4v) is 2.85. The van der Waals surface area contributed by atoms with E-state index in [4.69, 9.17) is 4.74 Å². The Hall–Kier alpha value is -3.20. The SMILES string of the molecule is COc1ccc(Br)c(C(=O)Nc2ccc(NC(=O)C(C)n3cncn3)cc2)c1. The maximum absolute atomic E-state index is 12.5. The Bertz CT molecular complexity index is 974. The van der Waals surface area contributed by atoms with Crippen LogP contribution in [0.2, 0.25) is 0 Å². The standard InChI is InChI=1S/C19H18BrN5O3/c1-12(25-11-21-10-22-25)18(26)23-13-3-5-14(6-4-13)24-19(27)16-9-15(28-2)7-8-17(16)20/h3-12H,1-2H3,(H,23,26)(H,24,27). The Labute approximate surface area is 170 Å². The van der Waals surface area contributed by atoms with Gasteiger partial charge in [0.25, 0.3) is 5.91 Å². The number of carbonyl (C=O) groups excluding carboxylic acids is 2. The molecule has 0 aliphatic heterocycles. The average Bonchev–Trinajstić information content (AvgIpc) is 3.24. The number of halogens is 1. The van der Waals surface area contributed by atoms with E-state index in [0.717, 1.165) is 0 Å². The lowest BCUT2D eigenvalue weighted by atomic mass is 10.2. The Morgan fingerprint density at radius 3 is 2.39 bits per heavy atom. The molecular formula is C19H18BrN5O3. The second-order valence-electron chi connectivity index (χ2n) is 5.92. The monoisotopic (exact) mass is 443 g/mol. The molecule has 2 aromatic carbocycles. The number of hydrogen-bond acceptors (Lipinski definition) is 5. The van der Waals surface area contributed by atoms with Gasteiger partial charge < -0.3 is 15.4 Å². The second-order valence-corrected chi connectivity index (χ2v) is 6.77. The van der Waals surface area contributed by atoms with Gasteiger partial charge in [-0.15, -0.1) is 0 Å². The van der Waals surface area contributed by atoms with Crippen LogP contribution in [0.5, 0.6) is 5.75 Å². The Morgan fingerprint density at radius 1 is 1.11 bits per heavy atom. The van der Waals surface area contributed by atoms with Crippen molar-refractivity contribution in [1.82, 2.24) is 14.8 Å². The van der Waals surface area contributed by atoms with Crippen molar-refractivity contribution >= 4 is 39.1 Å². The van der Waals surface area contributed by atoms with Crippen LogP contribution in [0, 0.1) is 0 Å². The van der Waals surface area contributed by atoms with Crippen molar-refractivity contribution < 1.29 is 14.3 Å². The quantitative estimate of drug-likeness (QED) is 0.607. The van der Waals surface area contributed by atoms with Crippen LogP contribution in [0.1, 0.15) is 23.3 Å². The van der Waals surface area contributed by atoms with Crippen molar-refractivity contribution in [1.29, 1.82) is 0 Å². The van der Waals surface area contributed by atoms with Gasteiger partial charge in [0, 0.05) is 15.8 Å². The third-order valence-electron chi connectivity index (χ3n) is 4.04. The van der Waals surface area contributed by atoms with Gasteiger partial charge >= 0.3 is 0 Å². The highest BCUT2D eigenvalue weighted by Crippen LogP contribution is 2.24. The first-order valence-electron chi connectivity index (χ1n) is 8.38. The van der Waals surface area contributed by atoms with Gasteiger partial charge in [-0.05, 0) is 65.3 Å². The zero-order chi connectivity index (χ0) is 20.1. The number of ether oxygens (including phenoxy) is 1. The lowest BCUT2D eigenvalue weighted by Crippen LogP contribution is -2.24. The predicted octanol–water partition coefficient (Wildman–Crippen LogP) is 3.50. The highest BCUT2D eigenvalue weighted by atomic mass is 79.9. The molecule has 28 heavy (non-hydrogen) atoms. The smallest absolute Gasteiger partial charge is 0.256 e. The molecule has 0 aliphatic carbocycles. The van der Waals surface area contributed by atoms with Crippen LogP contribution >= 0.6 is 15.9 Å². The lowest BCUT2D eigenvalue weighted by Gasteiger charge is -2.13. The van der Waals surface area contributed by atoms with Crippen LogP contribution in [0.3, 0.4) is 0 Å². The molecule has 0 saturated carbocycles. The van der Waals surface area contributed by atoms with Gasteiger partial charge in [0.05, 0.1) is 12.7 Å². The summed E-state index contributed by atoms with van der Waals surface area (Å²) >= 11 is 3.37. The van der Waals surface area contributed by atoms with Crippen molar-refractivity contribution in [3.05, 3.63) is 65.2 Å². The van der Waals surface area contributed by atoms with Gasteiger partial charge in [-0.25, -0.2) is 9.67 Å². The molecule has 3 aromatic rings. The van der Waals surface area contributed by atoms with Crippen LogP contribution in [0.4, 0.5) is 11.4 Å². The fraction of sp³-hybridized carbons (Fsp3) is 0.158. The van der Waals surface area contributed by atoms with E-state index in [0.29, 0.717) is 27.2 Å². The Balaban J connectivity index is 1.64. The number of rotatable bonds is 6. The molecule has 1 atom stereocenters. The minimum atomic E-state index is -0.493. The summed E-state index contributed by atoms with van der Waals surface area (Å²) in [6.07, 6.45) is 2.86. The van der Waals surface area contributed by atoms with Crippen molar-refractivity contribution in [2.75, 3.05) is 17.7 Å². The number of anilines is 2. The first kappa shape index (κ1) is 19.6. The van der Waals surface area contributed by atoms with Crippen LogP contribution < -0.4 is 15.4 Å². The molecule has 1 aromatic heterocycles. The Morgan fingerprint density at radius 2 is 1.79 bits per heavy atom. The van der Waals surface area contributed by atoms with Crippen LogP contribution in [-0.4, -0.2) is 33.7 Å². The summed E-state index contributed by atoms with van der Waals surface area (Å²) in [5.41, 5.74) is 1.66. The molecular weight excluding hydrogens is 426 g/mol. The van der Waals surface area contributed by atoms with Crippen molar-refractivity contribution in [3.8, 4) is 5.75 Å². The number of nitrogens with one attached hydrogen (secondary N) is 2. The van der Waals surface area contributed by atoms with E-state index in [2.05, 4.69) is 36.6 Å². The minimum Gasteiger partial charge on any atom is -0.497 e. The van der Waals surface area contributed by atoms with E-state index in [1.54, 1.807) is 56.5 Å². The number of aromatic nitrogens is 3. The predicted molar refractivity (Wildman–Crippen MR) is 108 cm³/mol. The van der Waals surface area contributed by atoms with Crippen LogP contribution in [0.15, 0.2) is 59.6 Å². The number of benzene rings is 2. The molecule has 2 amide bonds. The second kappa shape index (κ2) is 8.66. The van der Waals surface area contributed by atoms with Crippen molar-refractivity contribution in [2.24, 2.45) is 0 Å². The fourth-order valence-electron chi connectivity index (χ4n) is 2.42. The van der Waals surface area contributed by atoms with Crippen molar-refractivity contribution in [2.45, 2.75) is 13.0 Å². The summed E-state index contributed by atoms with van der Waals surface area (Å²) in [6.45, 7) is 1.73. The molecule has 8 nitrogen and oxygen atoms in total. The summed E-state index contributed by atoms with van der Waals surface area (Å²) in [6, 6.07) is 11.5. The zero-order valence-corrected chi connectivity index (χ0v) is 16.8. The van der Waals surface area contributed by atoms with E-state index in [1.807, 2.05) is 0 Å². The Kier molecular flexibility index (Phi) is 6.05. The van der Waals surface area contributed by atoms with Crippen LogP contribution in [-0.2, 0) is 4.79 Å². The zero-order valence-electron chi connectivity index (χ0n) is 15.2. The minimum absolute atomic E-state index is 0.220. The highest BCUT2D eigenvalue weighted by molar-refractivity contribution is 9.10. The maximum Gasteiger partial charge on any atom is 0.256 e. The van der Waals surface area contributed by atoms with Gasteiger partial charge in [0.15, 0.2) is 0 Å². The largest absolute Gasteiger partial charge is 0.497 e. The number of amides is 2. The summed E-state index contributed by atoms with van der Waals surface area (Å²) < 4.78 is 7.29.